The third-order valence-electron chi connectivity index (χ3n) is 4.02. The van der Waals surface area contributed by atoms with Gasteiger partial charge in [-0.15, -0.1) is 11.3 Å². The Morgan fingerprint density at radius 1 is 1.22 bits per heavy atom. The van der Waals surface area contributed by atoms with Crippen LogP contribution in [0.4, 0.5) is 0 Å². The number of thiazole rings is 1. The molecule has 3 aromatic rings. The van der Waals surface area contributed by atoms with E-state index < -0.39 is 0 Å². The molecule has 1 aromatic heterocycles. The van der Waals surface area contributed by atoms with Gasteiger partial charge in [-0.2, -0.15) is 5.26 Å². The fraction of sp³-hybridized carbons (Fsp3) is 0.190. The Morgan fingerprint density at radius 3 is 2.63 bits per heavy atom. The topological polar surface area (TPSA) is 65.8 Å². The van der Waals surface area contributed by atoms with E-state index in [1.54, 1.807) is 23.5 Å². The Balaban J connectivity index is 1.80. The van der Waals surface area contributed by atoms with Gasteiger partial charge in [0.15, 0.2) is 0 Å². The van der Waals surface area contributed by atoms with Crippen LogP contribution in [-0.2, 0) is 6.42 Å². The molecule has 0 spiro atoms. The molecule has 1 unspecified atom stereocenters. The number of carbonyl (C=O) groups is 1. The van der Waals surface area contributed by atoms with Gasteiger partial charge in [-0.25, -0.2) is 4.98 Å². The molecular weight excluding hydrogens is 374 g/mol. The van der Waals surface area contributed by atoms with Crippen LogP contribution in [0.1, 0.15) is 46.5 Å². The summed E-state index contributed by atoms with van der Waals surface area (Å²) in [5.74, 6) is -0.147. The number of nitrogens with one attached hydrogen (secondary N) is 1. The first-order chi connectivity index (χ1) is 13.1. The van der Waals surface area contributed by atoms with E-state index in [0.29, 0.717) is 11.1 Å². The molecule has 0 radical (unpaired) electrons. The van der Waals surface area contributed by atoms with Gasteiger partial charge in [0.2, 0.25) is 0 Å². The number of aryl methyl sites for hydroxylation is 1. The summed E-state index contributed by atoms with van der Waals surface area (Å²) in [6.45, 7) is 4.01. The van der Waals surface area contributed by atoms with Gasteiger partial charge in [-0.3, -0.25) is 4.79 Å². The van der Waals surface area contributed by atoms with Crippen molar-refractivity contribution in [2.45, 2.75) is 36.1 Å². The second-order valence-electron chi connectivity index (χ2n) is 5.92. The average molecular weight is 394 g/mol. The summed E-state index contributed by atoms with van der Waals surface area (Å²) < 4.78 is 0. The number of benzene rings is 2. The van der Waals surface area contributed by atoms with E-state index in [1.807, 2.05) is 48.7 Å². The van der Waals surface area contributed by atoms with Gasteiger partial charge in [0.05, 0.1) is 27.9 Å². The van der Waals surface area contributed by atoms with Crippen LogP contribution in [0.15, 0.2) is 63.7 Å². The number of carbonyl (C=O) groups excluding carboxylic acids is 1. The van der Waals surface area contributed by atoms with Crippen molar-refractivity contribution in [1.82, 2.24) is 10.3 Å². The van der Waals surface area contributed by atoms with E-state index in [4.69, 9.17) is 0 Å². The lowest BCUT2D eigenvalue weighted by Gasteiger charge is -2.14. The molecule has 0 aliphatic rings. The number of aromatic nitrogens is 1. The molecule has 1 heterocycles. The predicted molar refractivity (Wildman–Crippen MR) is 109 cm³/mol. The molecule has 1 amide bonds. The Hall–Kier alpha value is -2.62. The quantitative estimate of drug-likeness (QED) is 0.623. The fourth-order valence-corrected chi connectivity index (χ4v) is 4.41. The van der Waals surface area contributed by atoms with E-state index in [0.717, 1.165) is 26.9 Å². The van der Waals surface area contributed by atoms with Crippen molar-refractivity contribution in [3.8, 4) is 6.07 Å². The first-order valence-corrected chi connectivity index (χ1v) is 10.3. The zero-order chi connectivity index (χ0) is 19.2. The van der Waals surface area contributed by atoms with Crippen LogP contribution < -0.4 is 5.32 Å². The second-order valence-corrected chi connectivity index (χ2v) is 7.95. The average Bonchev–Trinajstić information content (AvgIpc) is 3.18. The van der Waals surface area contributed by atoms with Crippen LogP contribution in [0.5, 0.6) is 0 Å². The zero-order valence-corrected chi connectivity index (χ0v) is 16.7. The molecule has 27 heavy (non-hydrogen) atoms. The second kappa shape index (κ2) is 8.85. The van der Waals surface area contributed by atoms with Gasteiger partial charge >= 0.3 is 0 Å². The Kier molecular flexibility index (Phi) is 6.28. The molecule has 1 N–H and O–H groups in total. The molecule has 0 aliphatic heterocycles. The van der Waals surface area contributed by atoms with Crippen LogP contribution in [0.25, 0.3) is 0 Å². The molecule has 6 heteroatoms. The highest BCUT2D eigenvalue weighted by Crippen LogP contribution is 2.32. The number of nitrogens with zero attached hydrogens (tertiary/aromatic N) is 2. The van der Waals surface area contributed by atoms with Crippen molar-refractivity contribution in [2.24, 2.45) is 0 Å². The van der Waals surface area contributed by atoms with Gasteiger partial charge in [0, 0.05) is 15.2 Å². The summed E-state index contributed by atoms with van der Waals surface area (Å²) in [5, 5.41) is 15.4. The zero-order valence-electron chi connectivity index (χ0n) is 15.1. The van der Waals surface area contributed by atoms with Crippen molar-refractivity contribution >= 4 is 29.0 Å². The lowest BCUT2D eigenvalue weighted by molar-refractivity contribution is 0.0936. The van der Waals surface area contributed by atoms with Crippen LogP contribution in [0.2, 0.25) is 0 Å². The highest BCUT2D eigenvalue weighted by molar-refractivity contribution is 7.99. The van der Waals surface area contributed by atoms with E-state index in [1.165, 1.54) is 11.8 Å². The summed E-state index contributed by atoms with van der Waals surface area (Å²) in [5.41, 5.74) is 2.07. The van der Waals surface area contributed by atoms with E-state index in [-0.39, 0.29) is 11.9 Å². The normalized spacial score (nSPS) is 11.6. The Labute approximate surface area is 167 Å². The Morgan fingerprint density at radius 2 is 1.93 bits per heavy atom. The third kappa shape index (κ3) is 4.57. The van der Waals surface area contributed by atoms with Crippen molar-refractivity contribution in [3.05, 3.63) is 75.7 Å². The fourth-order valence-electron chi connectivity index (χ4n) is 2.54. The standard InChI is InChI=1S/C21H19N3OS2/c1-3-20-24-17(13-26-20)14(2)23-21(25)16-9-5-7-11-19(16)27-18-10-6-4-8-15(18)12-22/h4-11,13-14H,3H2,1-2H3,(H,23,25). The lowest BCUT2D eigenvalue weighted by atomic mass is 10.2. The summed E-state index contributed by atoms with van der Waals surface area (Å²) >= 11 is 3.04. The molecule has 3 rings (SSSR count). The van der Waals surface area contributed by atoms with Gasteiger partial charge < -0.3 is 5.32 Å². The number of rotatable bonds is 6. The largest absolute Gasteiger partial charge is 0.344 e. The molecule has 4 nitrogen and oxygen atoms in total. The molecule has 0 aliphatic carbocycles. The van der Waals surface area contributed by atoms with Crippen molar-refractivity contribution < 1.29 is 4.79 Å². The first kappa shape index (κ1) is 19.2. The number of hydrogen-bond donors (Lipinski definition) is 1. The lowest BCUT2D eigenvalue weighted by Crippen LogP contribution is -2.27. The van der Waals surface area contributed by atoms with E-state index in [2.05, 4.69) is 23.3 Å². The first-order valence-electron chi connectivity index (χ1n) is 8.63. The van der Waals surface area contributed by atoms with Gasteiger partial charge in [-0.1, -0.05) is 43.0 Å². The number of nitriles is 1. The van der Waals surface area contributed by atoms with Crippen LogP contribution >= 0.6 is 23.1 Å². The van der Waals surface area contributed by atoms with Gasteiger partial charge in [0.25, 0.3) is 5.91 Å². The molecular formula is C21H19N3OS2. The molecule has 0 saturated heterocycles. The van der Waals surface area contributed by atoms with Crippen molar-refractivity contribution in [1.29, 1.82) is 5.26 Å². The molecule has 0 bridgehead atoms. The molecule has 0 fully saturated rings. The van der Waals surface area contributed by atoms with Gasteiger partial charge in [0.1, 0.15) is 6.07 Å². The summed E-state index contributed by atoms with van der Waals surface area (Å²) in [7, 11) is 0. The number of hydrogen-bond acceptors (Lipinski definition) is 5. The predicted octanol–water partition coefficient (Wildman–Crippen LogP) is 5.22. The highest BCUT2D eigenvalue weighted by atomic mass is 32.2. The van der Waals surface area contributed by atoms with Gasteiger partial charge in [-0.05, 0) is 37.6 Å². The summed E-state index contributed by atoms with van der Waals surface area (Å²) in [6, 6.07) is 16.9. The minimum absolute atomic E-state index is 0.147. The minimum atomic E-state index is -0.168. The van der Waals surface area contributed by atoms with Crippen molar-refractivity contribution in [3.63, 3.8) is 0 Å². The maximum Gasteiger partial charge on any atom is 0.252 e. The van der Waals surface area contributed by atoms with Crippen LogP contribution in [0.3, 0.4) is 0 Å². The van der Waals surface area contributed by atoms with Crippen LogP contribution in [-0.4, -0.2) is 10.9 Å². The third-order valence-corrected chi connectivity index (χ3v) is 6.19. The summed E-state index contributed by atoms with van der Waals surface area (Å²) in [4.78, 5) is 19.1. The minimum Gasteiger partial charge on any atom is -0.344 e. The van der Waals surface area contributed by atoms with E-state index >= 15 is 0 Å². The number of amides is 1. The van der Waals surface area contributed by atoms with Crippen molar-refractivity contribution in [2.75, 3.05) is 0 Å². The molecule has 0 saturated carbocycles. The van der Waals surface area contributed by atoms with E-state index in [9.17, 15) is 10.1 Å². The van der Waals surface area contributed by atoms with Crippen LogP contribution in [0, 0.1) is 11.3 Å². The molecule has 136 valence electrons. The maximum atomic E-state index is 12.9. The summed E-state index contributed by atoms with van der Waals surface area (Å²) in [6.07, 6.45) is 0.892. The SMILES string of the molecule is CCc1nc(C(C)NC(=O)c2ccccc2Sc2ccccc2C#N)cs1. The monoisotopic (exact) mass is 393 g/mol. The molecule has 1 atom stereocenters. The smallest absolute Gasteiger partial charge is 0.252 e. The highest BCUT2D eigenvalue weighted by Gasteiger charge is 2.17. The Bertz CT molecular complexity index is 991. The maximum absolute atomic E-state index is 12.9. The molecule has 2 aromatic carbocycles.